The normalized spacial score (nSPS) is 16.6. The summed E-state index contributed by atoms with van der Waals surface area (Å²) in [5.41, 5.74) is 2.16. The van der Waals surface area contributed by atoms with Crippen molar-refractivity contribution in [2.75, 3.05) is 37.6 Å². The third-order valence-corrected chi connectivity index (χ3v) is 7.25. The Labute approximate surface area is 224 Å². The first-order chi connectivity index (χ1) is 18.2. The second kappa shape index (κ2) is 11.1. The number of nitrogens with zero attached hydrogens (tertiary/aromatic N) is 3. The number of benzene rings is 2. The molecule has 4 rings (SSSR count). The standard InChI is InChI=1S/C28H29N3O6S/c1-6-14-37-20-9-7-8-18(15-20)23(32)21-22(17-10-12-19(13-11-17)30(3)4)31(26(34)24(21)33)28-29-16(2)25(38-28)27(35)36-5/h7-13,15,22,32H,6,14H2,1-5H3/b23-21+. The van der Waals surface area contributed by atoms with Gasteiger partial charge in [-0.05, 0) is 43.2 Å². The maximum atomic E-state index is 13.4. The van der Waals surface area contributed by atoms with E-state index in [4.69, 9.17) is 9.47 Å². The molecule has 38 heavy (non-hydrogen) atoms. The molecule has 3 aromatic rings. The molecule has 1 saturated heterocycles. The minimum absolute atomic E-state index is 0.0762. The van der Waals surface area contributed by atoms with E-state index in [1.54, 1.807) is 43.3 Å². The van der Waals surface area contributed by atoms with Gasteiger partial charge < -0.3 is 19.5 Å². The summed E-state index contributed by atoms with van der Waals surface area (Å²) in [5, 5.41) is 11.6. The number of hydrogen-bond donors (Lipinski definition) is 1. The van der Waals surface area contributed by atoms with E-state index in [0.717, 1.165) is 23.4 Å². The Kier molecular flexibility index (Phi) is 7.82. The fourth-order valence-electron chi connectivity index (χ4n) is 4.18. The number of aliphatic hydroxyl groups is 1. The number of anilines is 2. The molecule has 0 saturated carbocycles. The van der Waals surface area contributed by atoms with Gasteiger partial charge in [0.05, 0.1) is 31.0 Å². The van der Waals surface area contributed by atoms with E-state index in [0.29, 0.717) is 29.2 Å². The number of esters is 1. The largest absolute Gasteiger partial charge is 0.507 e. The molecule has 10 heteroatoms. The van der Waals surface area contributed by atoms with Crippen LogP contribution in [0.4, 0.5) is 10.8 Å². The summed E-state index contributed by atoms with van der Waals surface area (Å²) >= 11 is 0.958. The van der Waals surface area contributed by atoms with Gasteiger partial charge in [-0.1, -0.05) is 42.5 Å². The number of rotatable bonds is 8. The Morgan fingerprint density at radius 3 is 2.50 bits per heavy atom. The van der Waals surface area contributed by atoms with Gasteiger partial charge in [0.2, 0.25) is 0 Å². The highest BCUT2D eigenvalue weighted by atomic mass is 32.1. The summed E-state index contributed by atoms with van der Waals surface area (Å²) in [6, 6.07) is 13.1. The molecular weight excluding hydrogens is 506 g/mol. The van der Waals surface area contributed by atoms with Crippen molar-refractivity contribution in [2.45, 2.75) is 26.3 Å². The van der Waals surface area contributed by atoms with Gasteiger partial charge in [-0.3, -0.25) is 14.5 Å². The molecule has 1 N–H and O–H groups in total. The fourth-order valence-corrected chi connectivity index (χ4v) is 5.19. The van der Waals surface area contributed by atoms with Crippen molar-refractivity contribution in [1.29, 1.82) is 0 Å². The number of aliphatic hydroxyl groups excluding tert-OH is 1. The number of carbonyl (C=O) groups excluding carboxylic acids is 3. The minimum atomic E-state index is -0.970. The molecule has 1 unspecified atom stereocenters. The molecule has 0 spiro atoms. The van der Waals surface area contributed by atoms with Gasteiger partial charge in [0.25, 0.3) is 5.78 Å². The van der Waals surface area contributed by atoms with E-state index in [1.807, 2.05) is 38.1 Å². The molecule has 0 radical (unpaired) electrons. The summed E-state index contributed by atoms with van der Waals surface area (Å²) in [7, 11) is 5.07. The lowest BCUT2D eigenvalue weighted by atomic mass is 9.95. The van der Waals surface area contributed by atoms with E-state index >= 15 is 0 Å². The highest BCUT2D eigenvalue weighted by Gasteiger charge is 2.48. The molecule has 198 valence electrons. The van der Waals surface area contributed by atoms with Crippen LogP contribution >= 0.6 is 11.3 Å². The Bertz CT molecular complexity index is 1410. The summed E-state index contributed by atoms with van der Waals surface area (Å²) < 4.78 is 10.5. The summed E-state index contributed by atoms with van der Waals surface area (Å²) in [5.74, 6) is -2.07. The van der Waals surface area contributed by atoms with E-state index in [1.165, 1.54) is 12.0 Å². The Morgan fingerprint density at radius 2 is 1.87 bits per heavy atom. The highest BCUT2D eigenvalue weighted by molar-refractivity contribution is 7.17. The third kappa shape index (κ3) is 4.99. The number of amides is 1. The Hall–Kier alpha value is -4.18. The lowest BCUT2D eigenvalue weighted by Gasteiger charge is -2.23. The van der Waals surface area contributed by atoms with E-state index in [9.17, 15) is 19.5 Å². The summed E-state index contributed by atoms with van der Waals surface area (Å²) in [4.78, 5) is 46.9. The Morgan fingerprint density at radius 1 is 1.16 bits per heavy atom. The van der Waals surface area contributed by atoms with Crippen molar-refractivity contribution >= 4 is 45.6 Å². The van der Waals surface area contributed by atoms with Crippen LogP contribution in [0, 0.1) is 6.92 Å². The lowest BCUT2D eigenvalue weighted by molar-refractivity contribution is -0.132. The van der Waals surface area contributed by atoms with Gasteiger partial charge in [-0.2, -0.15) is 0 Å². The molecule has 2 heterocycles. The molecule has 1 aliphatic heterocycles. The maximum absolute atomic E-state index is 13.4. The van der Waals surface area contributed by atoms with Crippen LogP contribution in [0.2, 0.25) is 0 Å². The molecule has 1 amide bonds. The molecule has 2 aromatic carbocycles. The smallest absolute Gasteiger partial charge is 0.350 e. The molecule has 1 aliphatic rings. The SMILES string of the molecule is CCCOc1cccc(/C(O)=C2\C(=O)C(=O)N(c3nc(C)c(C(=O)OC)s3)C2c2ccc(N(C)C)cc2)c1. The van der Waals surface area contributed by atoms with Crippen molar-refractivity contribution in [3.63, 3.8) is 0 Å². The van der Waals surface area contributed by atoms with Crippen LogP contribution in [-0.2, 0) is 14.3 Å². The maximum Gasteiger partial charge on any atom is 0.350 e. The van der Waals surface area contributed by atoms with Crippen LogP contribution in [0.1, 0.15) is 45.9 Å². The van der Waals surface area contributed by atoms with Crippen LogP contribution < -0.4 is 14.5 Å². The minimum Gasteiger partial charge on any atom is -0.507 e. The van der Waals surface area contributed by atoms with Gasteiger partial charge in [0, 0.05) is 25.3 Å². The summed E-state index contributed by atoms with van der Waals surface area (Å²) in [6.45, 7) is 4.11. The fraction of sp³-hybridized carbons (Fsp3) is 0.286. The highest BCUT2D eigenvalue weighted by Crippen LogP contribution is 2.44. The number of ketones is 1. The van der Waals surface area contributed by atoms with Gasteiger partial charge in [0.15, 0.2) is 5.13 Å². The second-order valence-electron chi connectivity index (χ2n) is 8.93. The van der Waals surface area contributed by atoms with Gasteiger partial charge >= 0.3 is 11.9 Å². The number of methoxy groups -OCH3 is 1. The van der Waals surface area contributed by atoms with E-state index < -0.39 is 23.7 Å². The third-order valence-electron chi connectivity index (χ3n) is 6.11. The molecular formula is C28H29N3O6S. The molecule has 1 fully saturated rings. The number of aryl methyl sites for hydroxylation is 1. The number of hydrogen-bond acceptors (Lipinski definition) is 9. The number of aromatic nitrogens is 1. The molecule has 0 bridgehead atoms. The zero-order chi connectivity index (χ0) is 27.6. The second-order valence-corrected chi connectivity index (χ2v) is 9.91. The predicted octanol–water partition coefficient (Wildman–Crippen LogP) is 4.72. The van der Waals surface area contributed by atoms with Crippen LogP contribution in [0.15, 0.2) is 54.1 Å². The molecule has 1 aromatic heterocycles. The zero-order valence-electron chi connectivity index (χ0n) is 21.8. The van der Waals surface area contributed by atoms with Crippen molar-refractivity contribution < 1.29 is 29.0 Å². The van der Waals surface area contributed by atoms with Crippen molar-refractivity contribution in [3.05, 3.63) is 75.8 Å². The monoisotopic (exact) mass is 535 g/mol. The number of Topliss-reactive ketones (excluding diaryl/α,β-unsaturated/α-hetero) is 1. The number of ether oxygens (including phenoxy) is 2. The van der Waals surface area contributed by atoms with E-state index in [-0.39, 0.29) is 21.3 Å². The van der Waals surface area contributed by atoms with E-state index in [2.05, 4.69) is 4.98 Å². The lowest BCUT2D eigenvalue weighted by Crippen LogP contribution is -2.29. The van der Waals surface area contributed by atoms with Crippen LogP contribution in [0.25, 0.3) is 5.76 Å². The van der Waals surface area contributed by atoms with Gasteiger partial charge in [0.1, 0.15) is 16.4 Å². The van der Waals surface area contributed by atoms with Crippen molar-refractivity contribution in [2.24, 2.45) is 0 Å². The first-order valence-electron chi connectivity index (χ1n) is 12.0. The zero-order valence-corrected chi connectivity index (χ0v) is 22.7. The first kappa shape index (κ1) is 26.9. The first-order valence-corrected chi connectivity index (χ1v) is 12.9. The molecule has 1 atom stereocenters. The van der Waals surface area contributed by atoms with Gasteiger partial charge in [-0.15, -0.1) is 0 Å². The van der Waals surface area contributed by atoms with Gasteiger partial charge in [-0.25, -0.2) is 9.78 Å². The van der Waals surface area contributed by atoms with Crippen LogP contribution in [-0.4, -0.2) is 55.6 Å². The average molecular weight is 536 g/mol. The van der Waals surface area contributed by atoms with Crippen molar-refractivity contribution in [1.82, 2.24) is 4.98 Å². The number of thiazole rings is 1. The number of carbonyl (C=O) groups is 3. The summed E-state index contributed by atoms with van der Waals surface area (Å²) in [6.07, 6.45) is 0.811. The van der Waals surface area contributed by atoms with Crippen LogP contribution in [0.5, 0.6) is 5.75 Å². The topological polar surface area (TPSA) is 109 Å². The van der Waals surface area contributed by atoms with Crippen LogP contribution in [0.3, 0.4) is 0 Å². The predicted molar refractivity (Wildman–Crippen MR) is 146 cm³/mol. The quantitative estimate of drug-likeness (QED) is 0.191. The van der Waals surface area contributed by atoms with Crippen molar-refractivity contribution in [3.8, 4) is 5.75 Å². The average Bonchev–Trinajstić information content (AvgIpc) is 3.43. The Balaban J connectivity index is 1.89. The molecule has 9 nitrogen and oxygen atoms in total. The molecule has 0 aliphatic carbocycles.